The number of nitrogens with zero attached hydrogens (tertiary/aromatic N) is 1. The fourth-order valence-electron chi connectivity index (χ4n) is 1.34. The summed E-state index contributed by atoms with van der Waals surface area (Å²) in [6, 6.07) is 14.4. The van der Waals surface area contributed by atoms with Crippen molar-refractivity contribution in [3.8, 4) is 11.3 Å². The molecule has 0 aliphatic rings. The van der Waals surface area contributed by atoms with Gasteiger partial charge < -0.3 is 0 Å². The number of thioether (sulfide) groups is 1. The molecule has 1 aromatic heterocycles. The number of aromatic nitrogens is 1. The van der Waals surface area contributed by atoms with Gasteiger partial charge >= 0.3 is 0 Å². The highest BCUT2D eigenvalue weighted by Gasteiger charge is 2.00. The summed E-state index contributed by atoms with van der Waals surface area (Å²) >= 11 is 1.24. The first-order valence-corrected chi connectivity index (χ1v) is 5.68. The average molecular weight is 228 g/mol. The average Bonchev–Trinajstić information content (AvgIpc) is 2.30. The van der Waals surface area contributed by atoms with Crippen molar-refractivity contribution in [1.29, 1.82) is 0 Å². The molecular formula is C13H10NOS. The van der Waals surface area contributed by atoms with Crippen LogP contribution in [-0.4, -0.2) is 10.1 Å². The molecule has 1 radical (unpaired) electrons. The fourth-order valence-corrected chi connectivity index (χ4v) is 1.95. The Kier molecular flexibility index (Phi) is 3.37. The summed E-state index contributed by atoms with van der Waals surface area (Å²) in [6.07, 6.45) is 1.72. The van der Waals surface area contributed by atoms with E-state index in [0.717, 1.165) is 16.2 Å². The van der Waals surface area contributed by atoms with Crippen molar-refractivity contribution < 1.29 is 4.79 Å². The summed E-state index contributed by atoms with van der Waals surface area (Å²) in [5.74, 6) is 0. The van der Waals surface area contributed by atoms with Crippen molar-refractivity contribution >= 4 is 16.9 Å². The fraction of sp³-hybridized carbons (Fsp3) is 0.0769. The molecule has 0 amide bonds. The van der Waals surface area contributed by atoms with Crippen molar-refractivity contribution in [3.63, 3.8) is 0 Å². The van der Waals surface area contributed by atoms with Crippen LogP contribution in [0.25, 0.3) is 11.3 Å². The molecule has 0 saturated heterocycles. The van der Waals surface area contributed by atoms with Crippen molar-refractivity contribution in [3.05, 3.63) is 48.7 Å². The van der Waals surface area contributed by atoms with Gasteiger partial charge in [-0.3, -0.25) is 9.78 Å². The van der Waals surface area contributed by atoms with Crippen LogP contribution in [0.5, 0.6) is 0 Å². The summed E-state index contributed by atoms with van der Waals surface area (Å²) in [7, 11) is 0. The lowest BCUT2D eigenvalue weighted by Crippen LogP contribution is -1.84. The van der Waals surface area contributed by atoms with E-state index in [4.69, 9.17) is 0 Å². The second-order valence-electron chi connectivity index (χ2n) is 3.26. The Morgan fingerprint density at radius 1 is 1.31 bits per heavy atom. The number of rotatable bonds is 2. The zero-order valence-corrected chi connectivity index (χ0v) is 9.62. The second kappa shape index (κ2) is 4.94. The molecule has 0 aliphatic heterocycles. The molecule has 2 nitrogen and oxygen atoms in total. The Bertz CT molecular complexity index is 479. The number of carbonyl (C=O) groups is 1. The van der Waals surface area contributed by atoms with Crippen LogP contribution in [0, 0.1) is 6.07 Å². The maximum Gasteiger partial charge on any atom is 0.190 e. The minimum absolute atomic E-state index is 0.0962. The van der Waals surface area contributed by atoms with Gasteiger partial charge in [-0.2, -0.15) is 0 Å². The molecule has 0 atom stereocenters. The predicted octanol–water partition coefficient (Wildman–Crippen LogP) is 3.19. The van der Waals surface area contributed by atoms with Crippen LogP contribution < -0.4 is 0 Å². The monoisotopic (exact) mass is 228 g/mol. The van der Waals surface area contributed by atoms with Crippen molar-refractivity contribution in [2.45, 2.75) is 11.8 Å². The van der Waals surface area contributed by atoms with Gasteiger partial charge in [0.2, 0.25) is 0 Å². The molecule has 0 fully saturated rings. The molecule has 1 heterocycles. The predicted molar refractivity (Wildman–Crippen MR) is 65.0 cm³/mol. The molecular weight excluding hydrogens is 218 g/mol. The summed E-state index contributed by atoms with van der Waals surface area (Å²) in [5, 5.41) is 0.0962. The van der Waals surface area contributed by atoms with Gasteiger partial charge in [0.25, 0.3) is 0 Å². The van der Waals surface area contributed by atoms with Gasteiger partial charge in [-0.05, 0) is 30.3 Å². The van der Waals surface area contributed by atoms with E-state index in [1.165, 1.54) is 11.8 Å². The first-order valence-electron chi connectivity index (χ1n) is 4.86. The Morgan fingerprint density at radius 2 is 2.06 bits per heavy atom. The van der Waals surface area contributed by atoms with Gasteiger partial charge in [-0.25, -0.2) is 0 Å². The Hall–Kier alpha value is -1.61. The molecule has 0 N–H and O–H groups in total. The van der Waals surface area contributed by atoms with Crippen molar-refractivity contribution in [2.75, 3.05) is 0 Å². The third kappa shape index (κ3) is 2.70. The summed E-state index contributed by atoms with van der Waals surface area (Å²) in [6.45, 7) is 1.56. The van der Waals surface area contributed by atoms with E-state index >= 15 is 0 Å². The second-order valence-corrected chi connectivity index (χ2v) is 4.51. The van der Waals surface area contributed by atoms with Crippen molar-refractivity contribution in [2.24, 2.45) is 0 Å². The van der Waals surface area contributed by atoms with E-state index < -0.39 is 0 Å². The van der Waals surface area contributed by atoms with E-state index in [1.807, 2.05) is 30.3 Å². The van der Waals surface area contributed by atoms with E-state index in [0.29, 0.717) is 0 Å². The molecule has 3 heteroatoms. The highest BCUT2D eigenvalue weighted by atomic mass is 32.2. The van der Waals surface area contributed by atoms with Crippen LogP contribution in [0.4, 0.5) is 0 Å². The van der Waals surface area contributed by atoms with Gasteiger partial charge in [0, 0.05) is 23.6 Å². The SMILES string of the molecule is CC(=O)Sc1ccc(-c2c[c]ccn2)cc1. The summed E-state index contributed by atoms with van der Waals surface area (Å²) in [5.41, 5.74) is 1.92. The number of benzene rings is 1. The first-order chi connectivity index (χ1) is 7.75. The molecule has 79 valence electrons. The lowest BCUT2D eigenvalue weighted by Gasteiger charge is -2.01. The zero-order valence-electron chi connectivity index (χ0n) is 8.81. The van der Waals surface area contributed by atoms with Crippen LogP contribution in [0.1, 0.15) is 6.92 Å². The third-order valence-corrected chi connectivity index (χ3v) is 2.81. The topological polar surface area (TPSA) is 30.0 Å². The molecule has 2 aromatic rings. The highest BCUT2D eigenvalue weighted by Crippen LogP contribution is 2.22. The number of hydrogen-bond acceptors (Lipinski definition) is 3. The van der Waals surface area contributed by atoms with E-state index in [9.17, 15) is 4.79 Å². The molecule has 0 saturated carbocycles. The quantitative estimate of drug-likeness (QED) is 0.739. The normalized spacial score (nSPS) is 10.1. The van der Waals surface area contributed by atoms with Gasteiger partial charge in [-0.1, -0.05) is 23.9 Å². The van der Waals surface area contributed by atoms with E-state index in [-0.39, 0.29) is 5.12 Å². The molecule has 0 bridgehead atoms. The first kappa shape index (κ1) is 10.9. The third-order valence-electron chi connectivity index (χ3n) is 2.02. The standard InChI is InChI=1S/C13H10NOS/c1-10(15)16-12-7-5-11(6-8-12)13-4-2-3-9-14-13/h3-9H,1H3. The highest BCUT2D eigenvalue weighted by molar-refractivity contribution is 8.13. The zero-order chi connectivity index (χ0) is 11.4. The van der Waals surface area contributed by atoms with E-state index in [2.05, 4.69) is 11.1 Å². The van der Waals surface area contributed by atoms with Crippen LogP contribution in [0.3, 0.4) is 0 Å². The molecule has 2 rings (SSSR count). The summed E-state index contributed by atoms with van der Waals surface area (Å²) in [4.78, 5) is 16.1. The molecule has 16 heavy (non-hydrogen) atoms. The van der Waals surface area contributed by atoms with Gasteiger partial charge in [-0.15, -0.1) is 0 Å². The largest absolute Gasteiger partial charge is 0.287 e. The molecule has 0 aliphatic carbocycles. The lowest BCUT2D eigenvalue weighted by molar-refractivity contribution is -0.109. The van der Waals surface area contributed by atoms with Crippen LogP contribution in [0.2, 0.25) is 0 Å². The van der Waals surface area contributed by atoms with Gasteiger partial charge in [0.1, 0.15) is 0 Å². The van der Waals surface area contributed by atoms with E-state index in [1.54, 1.807) is 19.2 Å². The molecule has 0 unspecified atom stereocenters. The molecule has 0 spiro atoms. The Labute approximate surface area is 98.7 Å². The molecule has 1 aromatic carbocycles. The lowest BCUT2D eigenvalue weighted by atomic mass is 10.1. The smallest absolute Gasteiger partial charge is 0.190 e. The number of hydrogen-bond donors (Lipinski definition) is 0. The number of carbonyl (C=O) groups excluding carboxylic acids is 1. The van der Waals surface area contributed by atoms with Crippen LogP contribution in [-0.2, 0) is 4.79 Å². The Morgan fingerprint density at radius 3 is 2.62 bits per heavy atom. The van der Waals surface area contributed by atoms with Crippen LogP contribution >= 0.6 is 11.8 Å². The van der Waals surface area contributed by atoms with Crippen molar-refractivity contribution in [1.82, 2.24) is 4.98 Å². The number of pyridine rings is 1. The summed E-state index contributed by atoms with van der Waals surface area (Å²) < 4.78 is 0. The maximum atomic E-state index is 10.9. The van der Waals surface area contributed by atoms with Gasteiger partial charge in [0.15, 0.2) is 5.12 Å². The minimum Gasteiger partial charge on any atom is -0.287 e. The maximum absolute atomic E-state index is 10.9. The van der Waals surface area contributed by atoms with Crippen LogP contribution in [0.15, 0.2) is 47.5 Å². The Balaban J connectivity index is 2.23. The minimum atomic E-state index is 0.0962. The van der Waals surface area contributed by atoms with Gasteiger partial charge in [0.05, 0.1) is 5.69 Å².